The molecule has 0 aliphatic carbocycles. The maximum atomic E-state index is 14.1. The third-order valence-corrected chi connectivity index (χ3v) is 10.1. The van der Waals surface area contributed by atoms with Crippen LogP contribution in [0.3, 0.4) is 0 Å². The van der Waals surface area contributed by atoms with Crippen molar-refractivity contribution in [2.75, 3.05) is 38.1 Å². The Bertz CT molecular complexity index is 2030. The number of aromatic nitrogens is 3. The summed E-state index contributed by atoms with van der Waals surface area (Å²) in [5.74, 6) is 0.577. The van der Waals surface area contributed by atoms with Crippen LogP contribution in [0.25, 0.3) is 11.1 Å². The van der Waals surface area contributed by atoms with E-state index in [2.05, 4.69) is 22.1 Å². The van der Waals surface area contributed by atoms with Crippen LogP contribution >= 0.6 is 0 Å². The molecule has 5 rings (SSSR count). The first-order chi connectivity index (χ1) is 23.4. The summed E-state index contributed by atoms with van der Waals surface area (Å²) in [4.78, 5) is 47.0. The molecule has 0 bridgehead atoms. The number of sulfonamides is 1. The number of amides is 2. The molecule has 1 saturated heterocycles. The average Bonchev–Trinajstić information content (AvgIpc) is 3.42. The van der Waals surface area contributed by atoms with Crippen molar-refractivity contribution in [3.63, 3.8) is 0 Å². The number of anilines is 1. The molecule has 260 valence electrons. The minimum Gasteiger partial charge on any atom is -0.378 e. The molecule has 2 N–H and O–H groups in total. The molecule has 4 aromatic rings. The highest BCUT2D eigenvalue weighted by Gasteiger charge is 2.26. The monoisotopic (exact) mass is 690 g/mol. The molecule has 0 saturated carbocycles. The van der Waals surface area contributed by atoms with Gasteiger partial charge in [-0.05, 0) is 50.5 Å². The Balaban J connectivity index is 1.55. The van der Waals surface area contributed by atoms with Crippen LogP contribution in [0.4, 0.5) is 5.82 Å². The van der Waals surface area contributed by atoms with Gasteiger partial charge in [0, 0.05) is 54.5 Å². The number of benzene rings is 2. The number of rotatable bonds is 12. The van der Waals surface area contributed by atoms with Crippen molar-refractivity contribution in [3.8, 4) is 11.1 Å². The summed E-state index contributed by atoms with van der Waals surface area (Å²) in [7, 11) is -2.66. The second-order valence-corrected chi connectivity index (χ2v) is 13.7. The van der Waals surface area contributed by atoms with Crippen molar-refractivity contribution in [1.82, 2.24) is 24.9 Å². The van der Waals surface area contributed by atoms with Crippen LogP contribution < -0.4 is 15.6 Å². The summed E-state index contributed by atoms with van der Waals surface area (Å²) in [5, 5.41) is 6.49. The number of unbranched alkanes of at least 4 members (excludes halogenated alkanes) is 1. The van der Waals surface area contributed by atoms with E-state index in [9.17, 15) is 22.8 Å². The Morgan fingerprint density at radius 2 is 1.76 bits per heavy atom. The van der Waals surface area contributed by atoms with Gasteiger partial charge in [0.2, 0.25) is 5.91 Å². The standard InChI is InChI=1S/C35H42N6O7S/c1-6-7-12-31-37-23(3)28(20-32(42)40-15-17-47-18-16-40)35(44)41(31)21-25-13-14-26(29(19-25)34(43)36-5)27-10-8-9-11-30(27)49(45,46)39-33-22(2)24(4)48-38-33/h8-11,13-14,19H,6-7,12,15-18,20-21H2,1-5H3,(H,36,43)(H,38,39). The second-order valence-electron chi connectivity index (χ2n) is 12.0. The molecule has 14 heteroatoms. The molecule has 3 heterocycles. The Kier molecular flexibility index (Phi) is 11.0. The van der Waals surface area contributed by atoms with Gasteiger partial charge in [0.05, 0.1) is 31.1 Å². The fourth-order valence-electron chi connectivity index (χ4n) is 5.77. The predicted molar refractivity (Wildman–Crippen MR) is 184 cm³/mol. The van der Waals surface area contributed by atoms with Crippen LogP contribution in [0.15, 0.2) is 56.7 Å². The van der Waals surface area contributed by atoms with E-state index in [0.717, 1.165) is 12.8 Å². The number of morpholine rings is 1. The van der Waals surface area contributed by atoms with Crippen molar-refractivity contribution in [2.24, 2.45) is 0 Å². The lowest BCUT2D eigenvalue weighted by Crippen LogP contribution is -2.42. The number of carbonyl (C=O) groups excluding carboxylic acids is 2. The molecular weight excluding hydrogens is 648 g/mol. The maximum Gasteiger partial charge on any atom is 0.263 e. The van der Waals surface area contributed by atoms with E-state index < -0.39 is 15.9 Å². The summed E-state index contributed by atoms with van der Waals surface area (Å²) >= 11 is 0. The van der Waals surface area contributed by atoms with Crippen molar-refractivity contribution >= 4 is 27.7 Å². The first-order valence-corrected chi connectivity index (χ1v) is 17.8. The Morgan fingerprint density at radius 1 is 1.02 bits per heavy atom. The van der Waals surface area contributed by atoms with Crippen molar-refractivity contribution in [1.29, 1.82) is 0 Å². The molecule has 0 radical (unpaired) electrons. The van der Waals surface area contributed by atoms with Crippen LogP contribution in [0, 0.1) is 20.8 Å². The third-order valence-electron chi connectivity index (χ3n) is 8.75. The molecule has 2 aromatic carbocycles. The number of nitrogens with one attached hydrogen (secondary N) is 2. The SMILES string of the molecule is CCCCc1nc(C)c(CC(=O)N2CCOCC2)c(=O)n1Cc1ccc(-c2ccccc2S(=O)(=O)Nc2noc(C)c2C)c(C(=O)NC)c1. The largest absolute Gasteiger partial charge is 0.378 e. The van der Waals surface area contributed by atoms with Crippen LogP contribution in [-0.2, 0) is 38.9 Å². The van der Waals surface area contributed by atoms with Crippen LogP contribution in [0.5, 0.6) is 0 Å². The van der Waals surface area contributed by atoms with E-state index in [0.29, 0.717) is 77.8 Å². The van der Waals surface area contributed by atoms with Gasteiger partial charge in [-0.1, -0.05) is 48.8 Å². The lowest BCUT2D eigenvalue weighted by atomic mass is 9.96. The number of hydrogen-bond acceptors (Lipinski definition) is 9. The number of nitrogens with zero attached hydrogens (tertiary/aromatic N) is 4. The van der Waals surface area contributed by atoms with Gasteiger partial charge >= 0.3 is 0 Å². The molecule has 1 aliphatic rings. The average molecular weight is 691 g/mol. The molecular formula is C35H42N6O7S. The quantitative estimate of drug-likeness (QED) is 0.225. The zero-order chi connectivity index (χ0) is 35.3. The van der Waals surface area contributed by atoms with Gasteiger partial charge in [0.1, 0.15) is 11.6 Å². The number of carbonyl (C=O) groups is 2. The van der Waals surface area contributed by atoms with Gasteiger partial charge in [-0.3, -0.25) is 23.7 Å². The lowest BCUT2D eigenvalue weighted by molar-refractivity contribution is -0.134. The van der Waals surface area contributed by atoms with Crippen molar-refractivity contribution in [3.05, 3.63) is 92.4 Å². The van der Waals surface area contributed by atoms with Crippen molar-refractivity contribution in [2.45, 2.75) is 64.8 Å². The van der Waals surface area contributed by atoms with E-state index >= 15 is 0 Å². The lowest BCUT2D eigenvalue weighted by Gasteiger charge is -2.27. The first-order valence-electron chi connectivity index (χ1n) is 16.3. The predicted octanol–water partition coefficient (Wildman–Crippen LogP) is 3.78. The molecule has 1 aliphatic heterocycles. The minimum absolute atomic E-state index is 0.0525. The van der Waals surface area contributed by atoms with E-state index in [1.807, 2.05) is 0 Å². The molecule has 2 aromatic heterocycles. The summed E-state index contributed by atoms with van der Waals surface area (Å²) in [6.07, 6.45) is 2.20. The number of hydrogen-bond donors (Lipinski definition) is 2. The summed E-state index contributed by atoms with van der Waals surface area (Å²) in [6.45, 7) is 9.16. The molecule has 13 nitrogen and oxygen atoms in total. The molecule has 2 amide bonds. The Hall–Kier alpha value is -4.82. The van der Waals surface area contributed by atoms with Gasteiger partial charge in [0.15, 0.2) is 5.82 Å². The smallest absolute Gasteiger partial charge is 0.263 e. The van der Waals surface area contributed by atoms with Crippen molar-refractivity contribution < 1.29 is 27.3 Å². The minimum atomic E-state index is -4.15. The van der Waals surface area contributed by atoms with Crippen LogP contribution in [0.1, 0.15) is 64.1 Å². The van der Waals surface area contributed by atoms with E-state index in [1.165, 1.54) is 13.1 Å². The van der Waals surface area contributed by atoms with Gasteiger partial charge in [-0.15, -0.1) is 0 Å². The molecule has 0 atom stereocenters. The highest BCUT2D eigenvalue weighted by Crippen LogP contribution is 2.33. The number of aryl methyl sites for hydroxylation is 3. The fourth-order valence-corrected chi connectivity index (χ4v) is 7.05. The molecule has 49 heavy (non-hydrogen) atoms. The Morgan fingerprint density at radius 3 is 2.43 bits per heavy atom. The summed E-state index contributed by atoms with van der Waals surface area (Å²) < 4.78 is 41.9. The van der Waals surface area contributed by atoms with E-state index in [1.54, 1.807) is 66.6 Å². The highest BCUT2D eigenvalue weighted by molar-refractivity contribution is 7.92. The summed E-state index contributed by atoms with van der Waals surface area (Å²) in [6, 6.07) is 11.5. The number of ether oxygens (including phenoxy) is 1. The normalized spacial score (nSPS) is 13.4. The molecule has 1 fully saturated rings. The maximum absolute atomic E-state index is 14.1. The van der Waals surface area contributed by atoms with Crippen LogP contribution in [0.2, 0.25) is 0 Å². The van der Waals surface area contributed by atoms with Gasteiger partial charge in [-0.25, -0.2) is 13.4 Å². The molecule has 0 spiro atoms. The summed E-state index contributed by atoms with van der Waals surface area (Å²) in [5.41, 5.74) is 2.67. The highest BCUT2D eigenvalue weighted by atomic mass is 32.2. The van der Waals surface area contributed by atoms with Gasteiger partial charge < -0.3 is 19.5 Å². The Labute approximate surface area is 285 Å². The zero-order valence-corrected chi connectivity index (χ0v) is 29.3. The third kappa shape index (κ3) is 7.75. The first kappa shape index (κ1) is 35.5. The van der Waals surface area contributed by atoms with E-state index in [4.69, 9.17) is 14.2 Å². The van der Waals surface area contributed by atoms with Gasteiger partial charge in [-0.2, -0.15) is 0 Å². The topological polar surface area (TPSA) is 166 Å². The van der Waals surface area contributed by atoms with Gasteiger partial charge in [0.25, 0.3) is 21.5 Å². The molecule has 0 unspecified atom stereocenters. The fraction of sp³-hybridized carbons (Fsp3) is 0.400. The van der Waals surface area contributed by atoms with E-state index in [-0.39, 0.29) is 40.7 Å². The second kappa shape index (κ2) is 15.2. The van der Waals surface area contributed by atoms with Crippen LogP contribution in [-0.4, -0.2) is 73.2 Å². The zero-order valence-electron chi connectivity index (χ0n) is 28.5.